The van der Waals surface area contributed by atoms with Crippen molar-refractivity contribution in [3.63, 3.8) is 0 Å². The molecule has 1 aliphatic heterocycles. The number of benzene rings is 1. The zero-order valence-corrected chi connectivity index (χ0v) is 20.3. The van der Waals surface area contributed by atoms with E-state index in [9.17, 15) is 4.39 Å². The molecule has 0 aliphatic carbocycles. The lowest BCUT2D eigenvalue weighted by Gasteiger charge is -2.38. The first-order valence-electron chi connectivity index (χ1n) is 9.23. The lowest BCUT2D eigenvalue weighted by molar-refractivity contribution is 0.0513. The zero-order chi connectivity index (χ0) is 20.1. The number of aliphatic imine (C=N–C) groups is 1. The second-order valence-corrected chi connectivity index (χ2v) is 7.78. The van der Waals surface area contributed by atoms with E-state index in [0.717, 1.165) is 24.1 Å². The van der Waals surface area contributed by atoms with Crippen LogP contribution >= 0.6 is 47.2 Å². The summed E-state index contributed by atoms with van der Waals surface area (Å²) in [4.78, 5) is 4.31. The molecule has 3 rings (SSSR count). The zero-order valence-electron chi connectivity index (χ0n) is 16.5. The van der Waals surface area contributed by atoms with Gasteiger partial charge in [-0.25, -0.2) is 4.39 Å². The van der Waals surface area contributed by atoms with Gasteiger partial charge >= 0.3 is 0 Å². The van der Waals surface area contributed by atoms with E-state index in [4.69, 9.17) is 27.9 Å². The highest BCUT2D eigenvalue weighted by Gasteiger charge is 2.34. The molecule has 1 aromatic carbocycles. The van der Waals surface area contributed by atoms with Gasteiger partial charge in [0.1, 0.15) is 11.0 Å². The van der Waals surface area contributed by atoms with Crippen LogP contribution in [-0.4, -0.2) is 37.3 Å². The van der Waals surface area contributed by atoms with Crippen molar-refractivity contribution in [3.05, 3.63) is 57.6 Å². The molecule has 1 aliphatic rings. The van der Waals surface area contributed by atoms with Crippen LogP contribution in [0.15, 0.2) is 35.3 Å². The first-order valence-corrected chi connectivity index (χ1v) is 9.99. The van der Waals surface area contributed by atoms with Crippen molar-refractivity contribution < 1.29 is 9.13 Å². The number of rotatable bonds is 5. The van der Waals surface area contributed by atoms with Crippen molar-refractivity contribution >= 4 is 53.1 Å². The fraction of sp³-hybridized carbons (Fsp3) is 0.450. The first kappa shape index (κ1) is 24.2. The summed E-state index contributed by atoms with van der Waals surface area (Å²) in [5.74, 6) is 0.456. The SMILES string of the molecule is CN=C(NCc1cc(Cl)c(Cl)n1C)NCC1(c2ccc(F)cc2)CCOCC1.I. The number of guanidine groups is 1. The van der Waals surface area contributed by atoms with E-state index in [0.29, 0.717) is 42.4 Å². The molecule has 0 unspecified atom stereocenters. The van der Waals surface area contributed by atoms with Crippen LogP contribution < -0.4 is 10.6 Å². The topological polar surface area (TPSA) is 50.6 Å². The summed E-state index contributed by atoms with van der Waals surface area (Å²) in [5.41, 5.74) is 1.94. The summed E-state index contributed by atoms with van der Waals surface area (Å²) in [5, 5.41) is 7.75. The Morgan fingerprint density at radius 2 is 1.86 bits per heavy atom. The maximum Gasteiger partial charge on any atom is 0.191 e. The molecule has 0 spiro atoms. The molecule has 0 bridgehead atoms. The smallest absolute Gasteiger partial charge is 0.191 e. The lowest BCUT2D eigenvalue weighted by Crippen LogP contribution is -2.48. The molecule has 1 saturated heterocycles. The number of hydrogen-bond acceptors (Lipinski definition) is 2. The third-order valence-electron chi connectivity index (χ3n) is 5.38. The van der Waals surface area contributed by atoms with Crippen molar-refractivity contribution in [2.45, 2.75) is 24.8 Å². The van der Waals surface area contributed by atoms with E-state index in [1.807, 2.05) is 29.8 Å². The third-order valence-corrected chi connectivity index (χ3v) is 6.22. The average molecular weight is 555 g/mol. The van der Waals surface area contributed by atoms with E-state index in [2.05, 4.69) is 15.6 Å². The van der Waals surface area contributed by atoms with Crippen LogP contribution in [0.1, 0.15) is 24.1 Å². The van der Waals surface area contributed by atoms with Crippen molar-refractivity contribution in [3.8, 4) is 0 Å². The Balaban J connectivity index is 0.00000300. The minimum Gasteiger partial charge on any atom is -0.381 e. The van der Waals surface area contributed by atoms with E-state index < -0.39 is 0 Å². The number of hydrogen-bond donors (Lipinski definition) is 2. The van der Waals surface area contributed by atoms with Gasteiger partial charge in [0, 0.05) is 45.0 Å². The second-order valence-electron chi connectivity index (χ2n) is 7.01. The standard InChI is InChI=1S/C20H25Cl2FN4O.HI/c1-24-19(25-12-16-11-17(21)18(22)27(16)2)26-13-20(7-9-28-10-8-20)14-3-5-15(23)6-4-14;/h3-6,11H,7-10,12-13H2,1-2H3,(H2,24,25,26);1H. The van der Waals surface area contributed by atoms with Gasteiger partial charge in [-0.2, -0.15) is 0 Å². The number of halogens is 4. The highest BCUT2D eigenvalue weighted by Crippen LogP contribution is 2.34. The minimum atomic E-state index is -0.226. The van der Waals surface area contributed by atoms with Gasteiger partial charge < -0.3 is 19.9 Å². The highest BCUT2D eigenvalue weighted by atomic mass is 127. The molecule has 0 amide bonds. The van der Waals surface area contributed by atoms with Gasteiger partial charge in [-0.3, -0.25) is 4.99 Å². The molecule has 0 radical (unpaired) electrons. The number of nitrogens with one attached hydrogen (secondary N) is 2. The number of aromatic nitrogens is 1. The van der Waals surface area contributed by atoms with E-state index >= 15 is 0 Å². The van der Waals surface area contributed by atoms with Crippen molar-refractivity contribution in [2.75, 3.05) is 26.8 Å². The number of ether oxygens (including phenoxy) is 1. The molecule has 160 valence electrons. The van der Waals surface area contributed by atoms with E-state index in [1.165, 1.54) is 12.1 Å². The van der Waals surface area contributed by atoms with Gasteiger partial charge in [0.15, 0.2) is 5.96 Å². The Morgan fingerprint density at radius 3 is 2.41 bits per heavy atom. The van der Waals surface area contributed by atoms with Crippen LogP contribution in [0.5, 0.6) is 0 Å². The largest absolute Gasteiger partial charge is 0.381 e. The molecule has 9 heteroatoms. The quantitative estimate of drug-likeness (QED) is 0.325. The van der Waals surface area contributed by atoms with Crippen LogP contribution in [0.3, 0.4) is 0 Å². The molecule has 0 atom stereocenters. The van der Waals surface area contributed by atoms with Crippen LogP contribution in [0.25, 0.3) is 0 Å². The molecule has 2 N–H and O–H groups in total. The molecular weight excluding hydrogens is 529 g/mol. The summed E-state index contributed by atoms with van der Waals surface area (Å²) in [6, 6.07) is 8.60. The Morgan fingerprint density at radius 1 is 1.21 bits per heavy atom. The molecule has 1 aromatic heterocycles. The summed E-state index contributed by atoms with van der Waals surface area (Å²) < 4.78 is 20.8. The average Bonchev–Trinajstić information content (AvgIpc) is 2.96. The Labute approximate surface area is 198 Å². The Hall–Kier alpha value is -1.03. The fourth-order valence-corrected chi connectivity index (χ4v) is 3.96. The molecular formula is C20H26Cl2FIN4O. The van der Waals surface area contributed by atoms with Crippen LogP contribution in [0.4, 0.5) is 4.39 Å². The first-order chi connectivity index (χ1) is 13.4. The molecule has 2 heterocycles. The highest BCUT2D eigenvalue weighted by molar-refractivity contribution is 14.0. The molecule has 0 saturated carbocycles. The minimum absolute atomic E-state index is 0. The molecule has 29 heavy (non-hydrogen) atoms. The molecule has 5 nitrogen and oxygen atoms in total. The molecule has 1 fully saturated rings. The summed E-state index contributed by atoms with van der Waals surface area (Å²) in [6.07, 6.45) is 1.73. The van der Waals surface area contributed by atoms with Crippen LogP contribution in [0, 0.1) is 5.82 Å². The summed E-state index contributed by atoms with van der Waals surface area (Å²) >= 11 is 12.2. The van der Waals surface area contributed by atoms with Gasteiger partial charge in [0.25, 0.3) is 0 Å². The van der Waals surface area contributed by atoms with Gasteiger partial charge in [0.05, 0.1) is 11.6 Å². The van der Waals surface area contributed by atoms with Crippen molar-refractivity contribution in [1.29, 1.82) is 0 Å². The summed E-state index contributed by atoms with van der Waals surface area (Å²) in [6.45, 7) is 2.59. The lowest BCUT2D eigenvalue weighted by atomic mass is 9.74. The predicted molar refractivity (Wildman–Crippen MR) is 127 cm³/mol. The van der Waals surface area contributed by atoms with Crippen molar-refractivity contribution in [2.24, 2.45) is 12.0 Å². The van der Waals surface area contributed by atoms with Crippen LogP contribution in [0.2, 0.25) is 10.2 Å². The third kappa shape index (κ3) is 5.77. The van der Waals surface area contributed by atoms with Gasteiger partial charge in [-0.15, -0.1) is 24.0 Å². The Kier molecular flexibility index (Phi) is 9.06. The van der Waals surface area contributed by atoms with Gasteiger partial charge in [-0.1, -0.05) is 35.3 Å². The normalized spacial score (nSPS) is 16.2. The Bertz CT molecular complexity index is 836. The van der Waals surface area contributed by atoms with Gasteiger partial charge in [-0.05, 0) is 36.6 Å². The predicted octanol–water partition coefficient (Wildman–Crippen LogP) is 4.50. The monoisotopic (exact) mass is 554 g/mol. The second kappa shape index (κ2) is 10.8. The van der Waals surface area contributed by atoms with Crippen molar-refractivity contribution in [1.82, 2.24) is 15.2 Å². The van der Waals surface area contributed by atoms with Crippen LogP contribution in [-0.2, 0) is 23.7 Å². The van der Waals surface area contributed by atoms with E-state index in [-0.39, 0.29) is 35.2 Å². The fourth-order valence-electron chi connectivity index (χ4n) is 3.54. The maximum atomic E-state index is 13.4. The van der Waals surface area contributed by atoms with Gasteiger partial charge in [0.2, 0.25) is 0 Å². The number of nitrogens with zero attached hydrogens (tertiary/aromatic N) is 2. The molecule has 2 aromatic rings. The summed E-state index contributed by atoms with van der Waals surface area (Å²) in [7, 11) is 3.60. The van der Waals surface area contributed by atoms with E-state index in [1.54, 1.807) is 7.05 Å². The maximum absolute atomic E-state index is 13.4.